The Kier molecular flexibility index (Phi) is 44.7. The van der Waals surface area contributed by atoms with Crippen molar-refractivity contribution in [2.24, 2.45) is 11.8 Å². The van der Waals surface area contributed by atoms with Crippen LogP contribution in [0.4, 0.5) is 0 Å². The van der Waals surface area contributed by atoms with Crippen LogP contribution in [0.15, 0.2) is 0 Å². The number of hydrogen-bond donors (Lipinski definition) is 0. The fraction of sp³-hybridized carbons (Fsp3) is 0.943. The molecule has 0 aliphatic rings. The van der Waals surface area contributed by atoms with Gasteiger partial charge in [-0.05, 0) is 31.1 Å². The highest BCUT2D eigenvalue weighted by Gasteiger charge is 2.19. The van der Waals surface area contributed by atoms with Gasteiger partial charge >= 0.3 is 17.9 Å². The first-order chi connectivity index (χ1) is 28.7. The topological polar surface area (TPSA) is 78.9 Å². The summed E-state index contributed by atoms with van der Waals surface area (Å²) in [4.78, 5) is 37.9. The highest BCUT2D eigenvalue weighted by atomic mass is 16.6. The number of unbranched alkanes of at least 4 members (excludes halogenated alkanes) is 32. The molecule has 0 aliphatic heterocycles. The Morgan fingerprint density at radius 3 is 0.831 bits per heavy atom. The van der Waals surface area contributed by atoms with Crippen molar-refractivity contribution in [1.29, 1.82) is 0 Å². The maximum atomic E-state index is 12.7. The van der Waals surface area contributed by atoms with Gasteiger partial charge in [0, 0.05) is 19.3 Å². The molecule has 0 rings (SSSR count). The van der Waals surface area contributed by atoms with E-state index in [0.29, 0.717) is 19.3 Å². The van der Waals surface area contributed by atoms with E-state index in [4.69, 9.17) is 14.2 Å². The molecule has 0 heterocycles. The first kappa shape index (κ1) is 57.4. The summed E-state index contributed by atoms with van der Waals surface area (Å²) >= 11 is 0. The molecule has 0 aliphatic carbocycles. The van der Waals surface area contributed by atoms with E-state index < -0.39 is 6.10 Å². The van der Waals surface area contributed by atoms with Crippen molar-refractivity contribution in [3.63, 3.8) is 0 Å². The predicted molar refractivity (Wildman–Crippen MR) is 252 cm³/mol. The van der Waals surface area contributed by atoms with Crippen molar-refractivity contribution in [1.82, 2.24) is 0 Å². The quantitative estimate of drug-likeness (QED) is 0.0345. The van der Waals surface area contributed by atoms with E-state index in [2.05, 4.69) is 34.6 Å². The molecule has 1 atom stereocenters. The monoisotopic (exact) mass is 835 g/mol. The van der Waals surface area contributed by atoms with Crippen LogP contribution >= 0.6 is 0 Å². The molecule has 0 unspecified atom stereocenters. The van der Waals surface area contributed by atoms with Crippen molar-refractivity contribution in [3.8, 4) is 0 Å². The lowest BCUT2D eigenvalue weighted by molar-refractivity contribution is -0.167. The van der Waals surface area contributed by atoms with E-state index in [9.17, 15) is 14.4 Å². The van der Waals surface area contributed by atoms with Crippen LogP contribution in [0, 0.1) is 11.8 Å². The second-order valence-electron chi connectivity index (χ2n) is 19.1. The molecule has 0 fully saturated rings. The zero-order chi connectivity index (χ0) is 43.3. The summed E-state index contributed by atoms with van der Waals surface area (Å²) in [7, 11) is 0. The summed E-state index contributed by atoms with van der Waals surface area (Å²) < 4.78 is 16.8. The number of hydrogen-bond acceptors (Lipinski definition) is 6. The van der Waals surface area contributed by atoms with Crippen molar-refractivity contribution in [2.45, 2.75) is 298 Å². The van der Waals surface area contributed by atoms with Crippen LogP contribution in [-0.4, -0.2) is 37.2 Å². The van der Waals surface area contributed by atoms with Crippen LogP contribution in [0.2, 0.25) is 0 Å². The van der Waals surface area contributed by atoms with E-state index in [1.54, 1.807) is 0 Å². The molecule has 0 radical (unpaired) electrons. The van der Waals surface area contributed by atoms with Crippen LogP contribution in [0.3, 0.4) is 0 Å². The number of rotatable bonds is 47. The maximum Gasteiger partial charge on any atom is 0.306 e. The molecule has 59 heavy (non-hydrogen) atoms. The molecule has 0 spiro atoms. The number of carbonyl (C=O) groups excluding carboxylic acids is 3. The van der Waals surface area contributed by atoms with Gasteiger partial charge in [0.05, 0.1) is 0 Å². The van der Waals surface area contributed by atoms with Gasteiger partial charge in [-0.15, -0.1) is 0 Å². The normalized spacial score (nSPS) is 12.1. The lowest BCUT2D eigenvalue weighted by atomic mass is 10.0. The largest absolute Gasteiger partial charge is 0.462 e. The van der Waals surface area contributed by atoms with Crippen LogP contribution in [-0.2, 0) is 28.6 Å². The van der Waals surface area contributed by atoms with Gasteiger partial charge in [-0.2, -0.15) is 0 Å². The summed E-state index contributed by atoms with van der Waals surface area (Å²) in [6.45, 7) is 11.4. The first-order valence-corrected chi connectivity index (χ1v) is 26.2. The third-order valence-electron chi connectivity index (χ3n) is 12.0. The molecular formula is C53H102O6. The second-order valence-corrected chi connectivity index (χ2v) is 19.1. The second kappa shape index (κ2) is 45.9. The summed E-state index contributed by atoms with van der Waals surface area (Å²) in [6.07, 6.45) is 46.7. The molecule has 6 nitrogen and oxygen atoms in total. The third-order valence-corrected chi connectivity index (χ3v) is 12.0. The van der Waals surface area contributed by atoms with E-state index in [-0.39, 0.29) is 31.1 Å². The molecular weight excluding hydrogens is 733 g/mol. The van der Waals surface area contributed by atoms with Crippen LogP contribution in [0.5, 0.6) is 0 Å². The molecule has 0 bridgehead atoms. The number of esters is 3. The third kappa shape index (κ3) is 47.3. The Labute approximate surface area is 368 Å². The van der Waals surface area contributed by atoms with Crippen LogP contribution < -0.4 is 0 Å². The van der Waals surface area contributed by atoms with E-state index >= 15 is 0 Å². The Morgan fingerprint density at radius 2 is 0.559 bits per heavy atom. The molecule has 350 valence electrons. The Bertz CT molecular complexity index is 900. The van der Waals surface area contributed by atoms with Crippen molar-refractivity contribution in [2.75, 3.05) is 13.2 Å². The molecule has 0 amide bonds. The van der Waals surface area contributed by atoms with Crippen LogP contribution in [0.1, 0.15) is 291 Å². The zero-order valence-corrected chi connectivity index (χ0v) is 40.4. The standard InChI is InChI=1S/C53H102O6/c1-6-7-8-9-10-11-23-30-35-40-45-53(56)59-50(47-58-52(55)44-39-34-29-25-20-22-27-32-37-42-49(4)5)46-57-51(54)43-38-33-28-24-19-17-15-13-12-14-16-18-21-26-31-36-41-48(2)3/h48-50H,6-47H2,1-5H3/t50-/m0/s1. The van der Waals surface area contributed by atoms with Crippen LogP contribution in [0.25, 0.3) is 0 Å². The lowest BCUT2D eigenvalue weighted by Crippen LogP contribution is -2.30. The Balaban J connectivity index is 4.22. The highest BCUT2D eigenvalue weighted by Crippen LogP contribution is 2.17. The SMILES string of the molecule is CCCCCCCCCCCCC(=O)O[C@@H](COC(=O)CCCCCCCCCCCCCCCCCCC(C)C)COC(=O)CCCCCCCCCCCC(C)C. The van der Waals surface area contributed by atoms with E-state index in [1.807, 2.05) is 0 Å². The van der Waals surface area contributed by atoms with E-state index in [0.717, 1.165) is 69.6 Å². The van der Waals surface area contributed by atoms with Gasteiger partial charge in [-0.1, -0.05) is 253 Å². The van der Waals surface area contributed by atoms with Gasteiger partial charge in [-0.3, -0.25) is 14.4 Å². The van der Waals surface area contributed by atoms with Gasteiger partial charge in [-0.25, -0.2) is 0 Å². The molecule has 0 saturated heterocycles. The minimum absolute atomic E-state index is 0.0637. The molecule has 0 saturated carbocycles. The number of carbonyl (C=O) groups is 3. The number of ether oxygens (including phenoxy) is 3. The summed E-state index contributed by atoms with van der Waals surface area (Å²) in [5, 5.41) is 0. The average Bonchev–Trinajstić information content (AvgIpc) is 3.20. The highest BCUT2D eigenvalue weighted by molar-refractivity contribution is 5.71. The van der Waals surface area contributed by atoms with Gasteiger partial charge in [0.1, 0.15) is 13.2 Å². The van der Waals surface area contributed by atoms with Crippen molar-refractivity contribution >= 4 is 17.9 Å². The Morgan fingerprint density at radius 1 is 0.322 bits per heavy atom. The predicted octanol–water partition coefficient (Wildman–Crippen LogP) is 16.9. The fourth-order valence-corrected chi connectivity index (χ4v) is 7.99. The summed E-state index contributed by atoms with van der Waals surface area (Å²) in [5.41, 5.74) is 0. The first-order valence-electron chi connectivity index (χ1n) is 26.2. The van der Waals surface area contributed by atoms with E-state index in [1.165, 1.54) is 180 Å². The van der Waals surface area contributed by atoms with Gasteiger partial charge in [0.2, 0.25) is 0 Å². The molecule has 6 heteroatoms. The lowest BCUT2D eigenvalue weighted by Gasteiger charge is -2.18. The summed E-state index contributed by atoms with van der Waals surface area (Å²) in [6, 6.07) is 0. The minimum atomic E-state index is -0.761. The Hall–Kier alpha value is -1.59. The molecule has 0 aromatic rings. The van der Waals surface area contributed by atoms with Gasteiger partial charge < -0.3 is 14.2 Å². The zero-order valence-electron chi connectivity index (χ0n) is 40.4. The smallest absolute Gasteiger partial charge is 0.306 e. The van der Waals surface area contributed by atoms with Crippen molar-refractivity contribution < 1.29 is 28.6 Å². The molecule has 0 aromatic heterocycles. The van der Waals surface area contributed by atoms with Gasteiger partial charge in [0.15, 0.2) is 6.10 Å². The fourth-order valence-electron chi connectivity index (χ4n) is 7.99. The molecule has 0 N–H and O–H groups in total. The average molecular weight is 835 g/mol. The maximum absolute atomic E-state index is 12.7. The minimum Gasteiger partial charge on any atom is -0.462 e. The molecule has 0 aromatic carbocycles. The summed E-state index contributed by atoms with van der Waals surface area (Å²) in [5.74, 6) is 0.812. The van der Waals surface area contributed by atoms with Crippen molar-refractivity contribution in [3.05, 3.63) is 0 Å². The van der Waals surface area contributed by atoms with Gasteiger partial charge in [0.25, 0.3) is 0 Å².